The van der Waals surface area contributed by atoms with Gasteiger partial charge in [-0.15, -0.1) is 6.58 Å². The normalized spacial score (nSPS) is 19.5. The molecule has 1 aliphatic rings. The van der Waals surface area contributed by atoms with Crippen LogP contribution in [0.25, 0.3) is 0 Å². The molecule has 0 aliphatic heterocycles. The molecule has 1 N–H and O–H groups in total. The summed E-state index contributed by atoms with van der Waals surface area (Å²) in [6.07, 6.45) is 2.29. The first kappa shape index (κ1) is 21.5. The van der Waals surface area contributed by atoms with Gasteiger partial charge in [-0.2, -0.15) is 0 Å². The average Bonchev–Trinajstić information content (AvgIpc) is 2.87. The van der Waals surface area contributed by atoms with E-state index in [9.17, 15) is 19.5 Å². The summed E-state index contributed by atoms with van der Waals surface area (Å²) in [5.74, 6) is -1.13. The highest BCUT2D eigenvalue weighted by atomic mass is 35.5. The van der Waals surface area contributed by atoms with Crippen molar-refractivity contribution in [1.29, 1.82) is 0 Å². The number of rotatable bonds is 9. The van der Waals surface area contributed by atoms with Gasteiger partial charge in [0, 0.05) is 17.4 Å². The number of fused-ring (bicyclic) bond motifs is 1. The molecule has 0 fully saturated rings. The Morgan fingerprint density at radius 3 is 2.59 bits per heavy atom. The van der Waals surface area contributed by atoms with E-state index >= 15 is 0 Å². The highest BCUT2D eigenvalue weighted by Gasteiger charge is 2.46. The molecular weight excluding hydrogens is 391 g/mol. The fourth-order valence-electron chi connectivity index (χ4n) is 3.46. The van der Waals surface area contributed by atoms with E-state index in [0.29, 0.717) is 30.4 Å². The lowest BCUT2D eigenvalue weighted by atomic mass is 9.76. The molecule has 0 bridgehead atoms. The zero-order valence-corrected chi connectivity index (χ0v) is 16.8. The average molecular weight is 413 g/mol. The number of carbonyl (C=O) groups is 3. The lowest BCUT2D eigenvalue weighted by Crippen LogP contribution is -2.28. The Kier molecular flexibility index (Phi) is 6.71. The van der Waals surface area contributed by atoms with Crippen molar-refractivity contribution in [3.63, 3.8) is 0 Å². The standard InChI is InChI=1S/C20H22Cl2O5/c1-4-7-20(8-6-11(3)23)10-12-9-14(27-13(5-2)19(25)26)16(21)17(22)15(12)18(20)24/h4,9,13H,1,5-8,10H2,2-3H3,(H,25,26). The number of ketones is 2. The Bertz CT molecular complexity index is 802. The van der Waals surface area contributed by atoms with Crippen molar-refractivity contribution in [1.82, 2.24) is 0 Å². The highest BCUT2D eigenvalue weighted by molar-refractivity contribution is 6.45. The second kappa shape index (κ2) is 8.44. The van der Waals surface area contributed by atoms with E-state index in [1.54, 1.807) is 19.1 Å². The number of benzene rings is 1. The molecule has 7 heteroatoms. The van der Waals surface area contributed by atoms with E-state index in [0.717, 1.165) is 0 Å². The molecule has 0 saturated heterocycles. The maximum absolute atomic E-state index is 13.2. The van der Waals surface area contributed by atoms with Crippen LogP contribution >= 0.6 is 23.2 Å². The number of Topliss-reactive ketones (excluding diaryl/α,β-unsaturated/α-hetero) is 2. The first-order valence-electron chi connectivity index (χ1n) is 8.72. The van der Waals surface area contributed by atoms with Crippen molar-refractivity contribution in [2.24, 2.45) is 5.41 Å². The van der Waals surface area contributed by atoms with E-state index in [4.69, 9.17) is 27.9 Å². The molecule has 2 atom stereocenters. The fraction of sp³-hybridized carbons (Fsp3) is 0.450. The summed E-state index contributed by atoms with van der Waals surface area (Å²) < 4.78 is 5.52. The predicted molar refractivity (Wildman–Crippen MR) is 104 cm³/mol. The summed E-state index contributed by atoms with van der Waals surface area (Å²) in [7, 11) is 0. The van der Waals surface area contributed by atoms with Crippen molar-refractivity contribution in [3.8, 4) is 5.75 Å². The number of carboxylic acids is 1. The number of allylic oxidation sites excluding steroid dienone is 1. The second-order valence-electron chi connectivity index (χ2n) is 6.87. The van der Waals surface area contributed by atoms with Gasteiger partial charge < -0.3 is 14.6 Å². The Morgan fingerprint density at radius 2 is 2.07 bits per heavy atom. The molecule has 1 aromatic rings. The van der Waals surface area contributed by atoms with Crippen molar-refractivity contribution in [2.45, 2.75) is 52.1 Å². The molecule has 0 amide bonds. The van der Waals surface area contributed by atoms with Gasteiger partial charge in [-0.25, -0.2) is 4.79 Å². The topological polar surface area (TPSA) is 80.7 Å². The molecule has 0 aromatic heterocycles. The Balaban J connectivity index is 2.47. The molecule has 2 rings (SSSR count). The number of halogens is 2. The van der Waals surface area contributed by atoms with Crippen molar-refractivity contribution >= 4 is 40.7 Å². The SMILES string of the molecule is C=CCC1(CCC(C)=O)Cc2cc(OC(CC)C(=O)O)c(Cl)c(Cl)c2C1=O. The minimum absolute atomic E-state index is 0.00240. The van der Waals surface area contributed by atoms with E-state index in [-0.39, 0.29) is 40.2 Å². The maximum atomic E-state index is 13.2. The van der Waals surface area contributed by atoms with E-state index in [1.165, 1.54) is 6.92 Å². The largest absolute Gasteiger partial charge is 0.479 e. The predicted octanol–water partition coefficient (Wildman–Crippen LogP) is 4.91. The van der Waals surface area contributed by atoms with Gasteiger partial charge in [0.1, 0.15) is 16.6 Å². The van der Waals surface area contributed by atoms with E-state index in [2.05, 4.69) is 6.58 Å². The summed E-state index contributed by atoms with van der Waals surface area (Å²) in [6, 6.07) is 1.59. The first-order chi connectivity index (χ1) is 12.7. The molecule has 27 heavy (non-hydrogen) atoms. The molecule has 0 saturated carbocycles. The minimum Gasteiger partial charge on any atom is -0.479 e. The summed E-state index contributed by atoms with van der Waals surface area (Å²) >= 11 is 12.6. The Hall–Kier alpha value is -1.85. The van der Waals surface area contributed by atoms with Crippen LogP contribution in [0.5, 0.6) is 5.75 Å². The molecule has 146 valence electrons. The van der Waals surface area contributed by atoms with Crippen molar-refractivity contribution in [3.05, 3.63) is 39.9 Å². The number of hydrogen-bond donors (Lipinski definition) is 1. The monoisotopic (exact) mass is 412 g/mol. The van der Waals surface area contributed by atoms with Gasteiger partial charge in [-0.05, 0) is 44.2 Å². The van der Waals surface area contributed by atoms with E-state index < -0.39 is 17.5 Å². The van der Waals surface area contributed by atoms with Gasteiger partial charge in [0.15, 0.2) is 11.9 Å². The summed E-state index contributed by atoms with van der Waals surface area (Å²) in [6.45, 7) is 6.90. The Labute approximate surface area is 168 Å². The third kappa shape index (κ3) is 4.19. The van der Waals surface area contributed by atoms with Crippen LogP contribution in [-0.2, 0) is 16.0 Å². The molecular formula is C20H22Cl2O5. The van der Waals surface area contributed by atoms with Crippen LogP contribution in [0.15, 0.2) is 18.7 Å². The van der Waals surface area contributed by atoms with Crippen LogP contribution in [0, 0.1) is 5.41 Å². The van der Waals surface area contributed by atoms with Crippen molar-refractivity contribution < 1.29 is 24.2 Å². The number of carboxylic acid groups (broad SMARTS) is 1. The van der Waals surface area contributed by atoms with Gasteiger partial charge in [0.05, 0.1) is 5.02 Å². The maximum Gasteiger partial charge on any atom is 0.344 e. The van der Waals surface area contributed by atoms with Gasteiger partial charge in [0.2, 0.25) is 0 Å². The first-order valence-corrected chi connectivity index (χ1v) is 9.48. The molecule has 1 aliphatic carbocycles. The van der Waals surface area contributed by atoms with Crippen molar-refractivity contribution in [2.75, 3.05) is 0 Å². The lowest BCUT2D eigenvalue weighted by Gasteiger charge is -2.25. The van der Waals surface area contributed by atoms with Crippen LogP contribution in [0.2, 0.25) is 10.0 Å². The molecule has 0 heterocycles. The summed E-state index contributed by atoms with van der Waals surface area (Å²) in [4.78, 5) is 35.9. The smallest absolute Gasteiger partial charge is 0.344 e. The minimum atomic E-state index is -1.11. The van der Waals surface area contributed by atoms with Gasteiger partial charge in [-0.3, -0.25) is 4.79 Å². The van der Waals surface area contributed by atoms with Gasteiger partial charge in [0.25, 0.3) is 0 Å². The number of hydrogen-bond acceptors (Lipinski definition) is 4. The molecule has 0 radical (unpaired) electrons. The van der Waals surface area contributed by atoms with Crippen LogP contribution < -0.4 is 4.74 Å². The molecule has 0 spiro atoms. The van der Waals surface area contributed by atoms with Crippen LogP contribution in [-0.4, -0.2) is 28.7 Å². The number of ether oxygens (including phenoxy) is 1. The van der Waals surface area contributed by atoms with Crippen LogP contribution in [0.4, 0.5) is 0 Å². The molecule has 5 nitrogen and oxygen atoms in total. The quantitative estimate of drug-likeness (QED) is 0.582. The zero-order chi connectivity index (χ0) is 20.4. The highest BCUT2D eigenvalue weighted by Crippen LogP contribution is 2.49. The fourth-order valence-corrected chi connectivity index (χ4v) is 3.95. The lowest BCUT2D eigenvalue weighted by molar-refractivity contribution is -0.145. The Morgan fingerprint density at radius 1 is 1.41 bits per heavy atom. The molecule has 1 aromatic carbocycles. The van der Waals surface area contributed by atoms with Crippen LogP contribution in [0.3, 0.4) is 0 Å². The summed E-state index contributed by atoms with van der Waals surface area (Å²) in [5.41, 5.74) is 0.177. The van der Waals surface area contributed by atoms with Gasteiger partial charge in [-0.1, -0.05) is 36.2 Å². The van der Waals surface area contributed by atoms with E-state index in [1.807, 2.05) is 0 Å². The second-order valence-corrected chi connectivity index (χ2v) is 7.63. The number of carbonyl (C=O) groups excluding carboxylic acids is 2. The zero-order valence-electron chi connectivity index (χ0n) is 15.3. The summed E-state index contributed by atoms with van der Waals surface area (Å²) in [5, 5.41) is 9.28. The third-order valence-electron chi connectivity index (χ3n) is 4.90. The third-order valence-corrected chi connectivity index (χ3v) is 5.75. The van der Waals surface area contributed by atoms with Crippen LogP contribution in [0.1, 0.15) is 55.5 Å². The number of aliphatic carboxylic acids is 1. The van der Waals surface area contributed by atoms with Gasteiger partial charge >= 0.3 is 5.97 Å². The molecule has 2 unspecified atom stereocenters.